The smallest absolute Gasteiger partial charge is 0.134 e. The molecule has 0 amide bonds. The topological polar surface area (TPSA) is 23.8 Å². The Hall–Kier alpha value is -3.70. The Balaban J connectivity index is 1.53. The molecule has 0 heterocycles. The fraction of sp³-hybridized carbons (Fsp3) is 0.138. The Labute approximate surface area is 183 Å². The molecule has 0 aromatic heterocycles. The number of allylic oxidation sites excluding steroid dienone is 1. The summed E-state index contributed by atoms with van der Waals surface area (Å²) in [6, 6.07) is 28.0. The van der Waals surface area contributed by atoms with Gasteiger partial charge < -0.3 is 0 Å². The van der Waals surface area contributed by atoms with Gasteiger partial charge in [-0.3, -0.25) is 0 Å². The van der Waals surface area contributed by atoms with Gasteiger partial charge in [0, 0.05) is 5.39 Å². The summed E-state index contributed by atoms with van der Waals surface area (Å²) < 4.78 is 15.1. The highest BCUT2D eigenvalue weighted by Crippen LogP contribution is 2.28. The number of rotatable bonds is 7. The van der Waals surface area contributed by atoms with Gasteiger partial charge in [-0.15, -0.1) is 6.58 Å². The first-order chi connectivity index (χ1) is 15.2. The zero-order valence-electron chi connectivity index (χ0n) is 17.4. The zero-order valence-corrected chi connectivity index (χ0v) is 17.4. The standard InChI is InChI=1S/C29H24FN/c1-2-3-4-21-9-12-24(13-10-21)26-17-18-28-27(19-26)16-15-25(29(28)30)14-11-22-5-7-23(20-31)8-6-22/h2,5-10,12-13,15-19H,1,3-4,11,14H2. The Morgan fingerprint density at radius 2 is 1.45 bits per heavy atom. The summed E-state index contributed by atoms with van der Waals surface area (Å²) in [6.07, 6.45) is 5.27. The monoisotopic (exact) mass is 405 g/mol. The number of nitrogens with zero attached hydrogens (tertiary/aromatic N) is 1. The molecular weight excluding hydrogens is 381 g/mol. The average Bonchev–Trinajstić information content (AvgIpc) is 2.83. The summed E-state index contributed by atoms with van der Waals surface area (Å²) in [5.74, 6) is -0.141. The summed E-state index contributed by atoms with van der Waals surface area (Å²) >= 11 is 0. The summed E-state index contributed by atoms with van der Waals surface area (Å²) in [6.45, 7) is 3.78. The lowest BCUT2D eigenvalue weighted by Crippen LogP contribution is -1.96. The molecule has 0 N–H and O–H groups in total. The largest absolute Gasteiger partial charge is 0.206 e. The number of aryl methyl sites for hydroxylation is 3. The Bertz CT molecular complexity index is 1250. The third kappa shape index (κ3) is 4.73. The van der Waals surface area contributed by atoms with Crippen molar-refractivity contribution in [2.45, 2.75) is 25.7 Å². The predicted molar refractivity (Wildman–Crippen MR) is 126 cm³/mol. The van der Waals surface area contributed by atoms with Crippen molar-refractivity contribution in [3.63, 3.8) is 0 Å². The molecule has 2 heteroatoms. The van der Waals surface area contributed by atoms with Crippen molar-refractivity contribution in [1.29, 1.82) is 5.26 Å². The molecule has 0 unspecified atom stereocenters. The quantitative estimate of drug-likeness (QED) is 0.293. The SMILES string of the molecule is C=CCCc1ccc(-c2ccc3c(F)c(CCc4ccc(C#N)cc4)ccc3c2)cc1. The summed E-state index contributed by atoms with van der Waals surface area (Å²) in [7, 11) is 0. The predicted octanol–water partition coefficient (Wildman–Crippen LogP) is 7.42. The van der Waals surface area contributed by atoms with Gasteiger partial charge in [0.1, 0.15) is 5.82 Å². The van der Waals surface area contributed by atoms with Gasteiger partial charge in [-0.05, 0) is 77.1 Å². The first kappa shape index (κ1) is 20.6. The molecule has 0 aliphatic rings. The van der Waals surface area contributed by atoms with Gasteiger partial charge in [-0.2, -0.15) is 5.26 Å². The third-order valence-electron chi connectivity index (χ3n) is 5.72. The van der Waals surface area contributed by atoms with Gasteiger partial charge in [-0.25, -0.2) is 4.39 Å². The van der Waals surface area contributed by atoms with Crippen LogP contribution in [0.25, 0.3) is 21.9 Å². The van der Waals surface area contributed by atoms with Crippen LogP contribution in [0.5, 0.6) is 0 Å². The molecule has 4 rings (SSSR count). The molecule has 0 fully saturated rings. The number of fused-ring (bicyclic) bond motifs is 1. The van der Waals surface area contributed by atoms with E-state index in [1.165, 1.54) is 5.56 Å². The molecule has 4 aromatic rings. The number of hydrogen-bond acceptors (Lipinski definition) is 1. The van der Waals surface area contributed by atoms with Gasteiger partial charge >= 0.3 is 0 Å². The highest BCUT2D eigenvalue weighted by Gasteiger charge is 2.09. The van der Waals surface area contributed by atoms with Crippen LogP contribution in [-0.4, -0.2) is 0 Å². The minimum Gasteiger partial charge on any atom is -0.206 e. The molecule has 0 aliphatic heterocycles. The van der Waals surface area contributed by atoms with E-state index in [-0.39, 0.29) is 5.82 Å². The van der Waals surface area contributed by atoms with E-state index in [2.05, 4.69) is 43.0 Å². The molecule has 0 saturated heterocycles. The molecule has 0 spiro atoms. The van der Waals surface area contributed by atoms with Crippen LogP contribution in [0.1, 0.15) is 28.7 Å². The molecule has 0 atom stereocenters. The summed E-state index contributed by atoms with van der Waals surface area (Å²) in [5.41, 5.74) is 5.98. The minimum absolute atomic E-state index is 0.141. The Morgan fingerprint density at radius 1 is 0.774 bits per heavy atom. The van der Waals surface area contributed by atoms with Gasteiger partial charge in [0.05, 0.1) is 11.6 Å². The summed E-state index contributed by atoms with van der Waals surface area (Å²) in [5, 5.41) is 10.5. The number of hydrogen-bond donors (Lipinski definition) is 0. The van der Waals surface area contributed by atoms with Crippen LogP contribution in [0.4, 0.5) is 4.39 Å². The first-order valence-electron chi connectivity index (χ1n) is 10.6. The molecule has 4 aromatic carbocycles. The normalized spacial score (nSPS) is 10.7. The highest BCUT2D eigenvalue weighted by atomic mass is 19.1. The van der Waals surface area contributed by atoms with E-state index in [9.17, 15) is 0 Å². The first-order valence-corrected chi connectivity index (χ1v) is 10.6. The zero-order chi connectivity index (χ0) is 21.6. The summed E-state index contributed by atoms with van der Waals surface area (Å²) in [4.78, 5) is 0. The van der Waals surface area contributed by atoms with Gasteiger partial charge in [0.25, 0.3) is 0 Å². The van der Waals surface area contributed by atoms with Crippen molar-refractivity contribution < 1.29 is 4.39 Å². The van der Waals surface area contributed by atoms with Gasteiger partial charge in [-0.1, -0.05) is 66.7 Å². The van der Waals surface area contributed by atoms with E-state index in [1.54, 1.807) is 12.1 Å². The lowest BCUT2D eigenvalue weighted by Gasteiger charge is -2.10. The number of benzene rings is 4. The third-order valence-corrected chi connectivity index (χ3v) is 5.72. The molecule has 31 heavy (non-hydrogen) atoms. The van der Waals surface area contributed by atoms with E-state index < -0.39 is 0 Å². The van der Waals surface area contributed by atoms with Crippen LogP contribution in [0, 0.1) is 17.1 Å². The van der Waals surface area contributed by atoms with Crippen molar-refractivity contribution in [1.82, 2.24) is 0 Å². The average molecular weight is 406 g/mol. The highest BCUT2D eigenvalue weighted by molar-refractivity contribution is 5.88. The van der Waals surface area contributed by atoms with E-state index in [0.717, 1.165) is 46.9 Å². The lowest BCUT2D eigenvalue weighted by molar-refractivity contribution is 0.620. The van der Waals surface area contributed by atoms with Crippen molar-refractivity contribution in [2.75, 3.05) is 0 Å². The van der Waals surface area contributed by atoms with Gasteiger partial charge in [0.15, 0.2) is 0 Å². The fourth-order valence-electron chi connectivity index (χ4n) is 3.87. The second kappa shape index (κ2) is 9.41. The molecule has 0 aliphatic carbocycles. The van der Waals surface area contributed by atoms with Crippen LogP contribution >= 0.6 is 0 Å². The van der Waals surface area contributed by atoms with Crippen molar-refractivity contribution >= 4 is 10.8 Å². The molecule has 1 nitrogen and oxygen atoms in total. The van der Waals surface area contributed by atoms with Crippen LogP contribution in [-0.2, 0) is 19.3 Å². The van der Waals surface area contributed by atoms with Crippen LogP contribution in [0.3, 0.4) is 0 Å². The second-order valence-electron chi connectivity index (χ2n) is 7.81. The van der Waals surface area contributed by atoms with Crippen molar-refractivity contribution in [3.05, 3.63) is 120 Å². The fourth-order valence-corrected chi connectivity index (χ4v) is 3.87. The molecule has 152 valence electrons. The van der Waals surface area contributed by atoms with E-state index in [1.807, 2.05) is 42.5 Å². The minimum atomic E-state index is -0.141. The maximum Gasteiger partial charge on any atom is 0.134 e. The lowest BCUT2D eigenvalue weighted by atomic mass is 9.96. The maximum absolute atomic E-state index is 15.1. The number of nitriles is 1. The second-order valence-corrected chi connectivity index (χ2v) is 7.81. The molecule has 0 bridgehead atoms. The Morgan fingerprint density at radius 3 is 2.16 bits per heavy atom. The van der Waals surface area contributed by atoms with E-state index in [0.29, 0.717) is 17.4 Å². The van der Waals surface area contributed by atoms with Crippen molar-refractivity contribution in [2.24, 2.45) is 0 Å². The van der Waals surface area contributed by atoms with Crippen LogP contribution < -0.4 is 0 Å². The molecule has 0 radical (unpaired) electrons. The van der Waals surface area contributed by atoms with Crippen molar-refractivity contribution in [3.8, 4) is 17.2 Å². The Kier molecular flexibility index (Phi) is 6.24. The van der Waals surface area contributed by atoms with Crippen LogP contribution in [0.15, 0.2) is 91.5 Å². The maximum atomic E-state index is 15.1. The molecular formula is C29H24FN. The molecule has 0 saturated carbocycles. The number of halogens is 1. The van der Waals surface area contributed by atoms with Crippen LogP contribution in [0.2, 0.25) is 0 Å². The van der Waals surface area contributed by atoms with E-state index >= 15 is 4.39 Å². The van der Waals surface area contributed by atoms with E-state index in [4.69, 9.17) is 5.26 Å². The van der Waals surface area contributed by atoms with Gasteiger partial charge in [0.2, 0.25) is 0 Å².